The van der Waals surface area contributed by atoms with Crippen molar-refractivity contribution in [3.05, 3.63) is 34.9 Å². The van der Waals surface area contributed by atoms with Crippen molar-refractivity contribution in [2.75, 3.05) is 6.54 Å². The topological polar surface area (TPSA) is 12.0 Å². The molecule has 0 aliphatic carbocycles. The Labute approximate surface area is 75.8 Å². The van der Waals surface area contributed by atoms with Crippen molar-refractivity contribution in [2.45, 2.75) is 19.4 Å². The molecule has 0 amide bonds. The Bertz CT molecular complexity index is 334. The van der Waals surface area contributed by atoms with Crippen LogP contribution in [0, 0.1) is 6.92 Å². The molecule has 0 spiro atoms. The van der Waals surface area contributed by atoms with Crippen LogP contribution in [-0.4, -0.2) is 6.54 Å². The van der Waals surface area contributed by atoms with Crippen molar-refractivity contribution in [3.63, 3.8) is 0 Å². The Balaban J connectivity index is 2.55. The molecule has 1 aromatic carbocycles. The van der Waals surface area contributed by atoms with Gasteiger partial charge in [0.15, 0.2) is 0 Å². The SMILES string of the molecule is Cc1ccc2c(c1)C(F)(F)CNC2. The number of fused-ring (bicyclic) bond motifs is 1. The maximum atomic E-state index is 13.3. The minimum atomic E-state index is -2.71. The van der Waals surface area contributed by atoms with E-state index < -0.39 is 5.92 Å². The summed E-state index contributed by atoms with van der Waals surface area (Å²) in [5.74, 6) is -2.71. The molecule has 70 valence electrons. The van der Waals surface area contributed by atoms with Gasteiger partial charge in [0, 0.05) is 12.1 Å². The molecular formula is C10H11F2N. The molecule has 1 heterocycles. The van der Waals surface area contributed by atoms with Crippen LogP contribution in [0.3, 0.4) is 0 Å². The van der Waals surface area contributed by atoms with Gasteiger partial charge in [-0.15, -0.1) is 0 Å². The molecule has 1 N–H and O–H groups in total. The van der Waals surface area contributed by atoms with E-state index in [0.717, 1.165) is 5.56 Å². The van der Waals surface area contributed by atoms with E-state index in [1.807, 2.05) is 13.0 Å². The number of hydrogen-bond acceptors (Lipinski definition) is 1. The Morgan fingerprint density at radius 1 is 1.38 bits per heavy atom. The largest absolute Gasteiger partial charge is 0.307 e. The Kier molecular flexibility index (Phi) is 1.84. The summed E-state index contributed by atoms with van der Waals surface area (Å²) in [5, 5.41) is 2.70. The van der Waals surface area contributed by atoms with Gasteiger partial charge in [-0.2, -0.15) is 8.78 Å². The van der Waals surface area contributed by atoms with Crippen LogP contribution in [0.4, 0.5) is 8.78 Å². The van der Waals surface area contributed by atoms with Crippen molar-refractivity contribution in [1.82, 2.24) is 5.32 Å². The van der Waals surface area contributed by atoms with Gasteiger partial charge in [0.05, 0.1) is 6.54 Å². The van der Waals surface area contributed by atoms with Gasteiger partial charge in [-0.05, 0) is 18.6 Å². The van der Waals surface area contributed by atoms with Crippen LogP contribution in [-0.2, 0) is 12.5 Å². The molecule has 0 saturated heterocycles. The zero-order valence-electron chi connectivity index (χ0n) is 7.40. The number of benzene rings is 1. The number of alkyl halides is 2. The second-order valence-electron chi connectivity index (χ2n) is 3.47. The van der Waals surface area contributed by atoms with Crippen LogP contribution in [0.25, 0.3) is 0 Å². The molecule has 0 radical (unpaired) electrons. The van der Waals surface area contributed by atoms with Gasteiger partial charge in [-0.3, -0.25) is 0 Å². The van der Waals surface area contributed by atoms with E-state index in [4.69, 9.17) is 0 Å². The molecule has 3 heteroatoms. The summed E-state index contributed by atoms with van der Waals surface area (Å²) in [7, 11) is 0. The molecule has 0 atom stereocenters. The summed E-state index contributed by atoms with van der Waals surface area (Å²) in [6.45, 7) is 2.13. The van der Waals surface area contributed by atoms with Gasteiger partial charge in [0.2, 0.25) is 0 Å². The van der Waals surface area contributed by atoms with Crippen LogP contribution < -0.4 is 5.32 Å². The van der Waals surface area contributed by atoms with E-state index in [1.54, 1.807) is 12.1 Å². The number of nitrogens with one attached hydrogen (secondary N) is 1. The van der Waals surface area contributed by atoms with Crippen molar-refractivity contribution in [2.24, 2.45) is 0 Å². The Hall–Kier alpha value is -0.960. The van der Waals surface area contributed by atoms with Gasteiger partial charge in [0.1, 0.15) is 0 Å². The average Bonchev–Trinajstić information content (AvgIpc) is 2.06. The molecule has 1 aliphatic heterocycles. The molecule has 0 fully saturated rings. The van der Waals surface area contributed by atoms with Gasteiger partial charge >= 0.3 is 0 Å². The summed E-state index contributed by atoms with van der Waals surface area (Å²) in [4.78, 5) is 0. The average molecular weight is 183 g/mol. The molecule has 0 bridgehead atoms. The van der Waals surface area contributed by atoms with Crippen LogP contribution >= 0.6 is 0 Å². The van der Waals surface area contributed by atoms with Crippen LogP contribution in [0.15, 0.2) is 18.2 Å². The van der Waals surface area contributed by atoms with Crippen LogP contribution in [0.1, 0.15) is 16.7 Å². The lowest BCUT2D eigenvalue weighted by Crippen LogP contribution is -2.36. The third-order valence-electron chi connectivity index (χ3n) is 2.32. The van der Waals surface area contributed by atoms with Crippen LogP contribution in [0.5, 0.6) is 0 Å². The van der Waals surface area contributed by atoms with E-state index in [0.29, 0.717) is 12.1 Å². The summed E-state index contributed by atoms with van der Waals surface area (Å²) >= 11 is 0. The second kappa shape index (κ2) is 2.77. The first kappa shape index (κ1) is 8.63. The van der Waals surface area contributed by atoms with E-state index in [-0.39, 0.29) is 12.1 Å². The predicted octanol–water partition coefficient (Wildman–Crippen LogP) is 2.19. The number of aryl methyl sites for hydroxylation is 1. The summed E-state index contributed by atoms with van der Waals surface area (Å²) in [6, 6.07) is 5.21. The monoisotopic (exact) mass is 183 g/mol. The molecule has 0 saturated carbocycles. The summed E-state index contributed by atoms with van der Waals surface area (Å²) in [5.41, 5.74) is 1.79. The third-order valence-corrected chi connectivity index (χ3v) is 2.32. The molecule has 2 rings (SSSR count). The molecular weight excluding hydrogens is 172 g/mol. The molecule has 13 heavy (non-hydrogen) atoms. The van der Waals surface area contributed by atoms with E-state index >= 15 is 0 Å². The molecule has 1 aliphatic rings. The smallest absolute Gasteiger partial charge is 0.285 e. The Morgan fingerprint density at radius 3 is 2.92 bits per heavy atom. The first-order chi connectivity index (χ1) is 6.09. The lowest BCUT2D eigenvalue weighted by atomic mass is 9.96. The minimum Gasteiger partial charge on any atom is -0.307 e. The van der Waals surface area contributed by atoms with E-state index in [1.165, 1.54) is 0 Å². The highest BCUT2D eigenvalue weighted by atomic mass is 19.3. The maximum Gasteiger partial charge on any atom is 0.285 e. The fourth-order valence-corrected chi connectivity index (χ4v) is 1.63. The van der Waals surface area contributed by atoms with Gasteiger partial charge in [-0.1, -0.05) is 17.7 Å². The predicted molar refractivity (Wildman–Crippen MR) is 46.8 cm³/mol. The van der Waals surface area contributed by atoms with Gasteiger partial charge < -0.3 is 5.32 Å². The quantitative estimate of drug-likeness (QED) is 0.650. The highest BCUT2D eigenvalue weighted by molar-refractivity contribution is 5.36. The lowest BCUT2D eigenvalue weighted by Gasteiger charge is -2.26. The zero-order valence-corrected chi connectivity index (χ0v) is 7.40. The van der Waals surface area contributed by atoms with Crippen LogP contribution in [0.2, 0.25) is 0 Å². The minimum absolute atomic E-state index is 0.186. The second-order valence-corrected chi connectivity index (χ2v) is 3.47. The van der Waals surface area contributed by atoms with Gasteiger partial charge in [-0.25, -0.2) is 0 Å². The maximum absolute atomic E-state index is 13.3. The van der Waals surface area contributed by atoms with Gasteiger partial charge in [0.25, 0.3) is 5.92 Å². The number of rotatable bonds is 0. The van der Waals surface area contributed by atoms with Crippen molar-refractivity contribution >= 4 is 0 Å². The summed E-state index contributed by atoms with van der Waals surface area (Å²) in [6.07, 6.45) is 0. The number of hydrogen-bond donors (Lipinski definition) is 1. The molecule has 0 aromatic heterocycles. The van der Waals surface area contributed by atoms with E-state index in [9.17, 15) is 8.78 Å². The molecule has 0 unspecified atom stereocenters. The van der Waals surface area contributed by atoms with Crippen molar-refractivity contribution in [3.8, 4) is 0 Å². The van der Waals surface area contributed by atoms with E-state index in [2.05, 4.69) is 5.32 Å². The summed E-state index contributed by atoms with van der Waals surface area (Å²) < 4.78 is 26.6. The third kappa shape index (κ3) is 1.44. The fourth-order valence-electron chi connectivity index (χ4n) is 1.63. The first-order valence-corrected chi connectivity index (χ1v) is 4.28. The number of halogens is 2. The highest BCUT2D eigenvalue weighted by Gasteiger charge is 2.36. The molecule has 1 nitrogen and oxygen atoms in total. The standard InChI is InChI=1S/C10H11F2N/c1-7-2-3-8-5-13-6-10(11,12)9(8)4-7/h2-4,13H,5-6H2,1H3. The zero-order chi connectivity index (χ0) is 9.47. The molecule has 1 aromatic rings. The fraction of sp³-hybridized carbons (Fsp3) is 0.400. The normalized spacial score (nSPS) is 19.6. The highest BCUT2D eigenvalue weighted by Crippen LogP contribution is 2.33. The van der Waals surface area contributed by atoms with Crippen molar-refractivity contribution < 1.29 is 8.78 Å². The van der Waals surface area contributed by atoms with Crippen molar-refractivity contribution in [1.29, 1.82) is 0 Å². The Morgan fingerprint density at radius 2 is 2.15 bits per heavy atom. The first-order valence-electron chi connectivity index (χ1n) is 4.28. The lowest BCUT2D eigenvalue weighted by molar-refractivity contribution is -0.0108.